The summed E-state index contributed by atoms with van der Waals surface area (Å²) in [6, 6.07) is 8.01. The fourth-order valence-corrected chi connectivity index (χ4v) is 1.48. The molecule has 0 aliphatic rings. The average Bonchev–Trinajstić information content (AvgIpc) is 2.34. The van der Waals surface area contributed by atoms with Crippen molar-refractivity contribution in [3.8, 4) is 5.75 Å². The molecule has 88 valence electrons. The Morgan fingerprint density at radius 2 is 2.12 bits per heavy atom. The van der Waals surface area contributed by atoms with Crippen molar-refractivity contribution in [2.45, 2.75) is 26.2 Å². The molecule has 16 heavy (non-hydrogen) atoms. The molecule has 0 saturated carbocycles. The highest BCUT2D eigenvalue weighted by atomic mass is 16.5. The number of ether oxygens (including phenoxy) is 1. The van der Waals surface area contributed by atoms with Crippen molar-refractivity contribution in [2.75, 3.05) is 13.7 Å². The summed E-state index contributed by atoms with van der Waals surface area (Å²) in [4.78, 5) is 11.0. The molecule has 0 unspecified atom stereocenters. The number of amides is 1. The molecule has 0 bridgehead atoms. The predicted octanol–water partition coefficient (Wildman–Crippen LogP) is 2.15. The van der Waals surface area contributed by atoms with Crippen LogP contribution in [-0.4, -0.2) is 19.6 Å². The van der Waals surface area contributed by atoms with Gasteiger partial charge >= 0.3 is 0 Å². The third-order valence-corrected chi connectivity index (χ3v) is 2.44. The number of rotatable bonds is 6. The van der Waals surface area contributed by atoms with Gasteiger partial charge in [-0.3, -0.25) is 4.79 Å². The predicted molar refractivity (Wildman–Crippen MR) is 64.6 cm³/mol. The minimum absolute atomic E-state index is 0.0624. The molecule has 0 aliphatic carbocycles. The number of carbonyl (C=O) groups excluding carboxylic acids is 1. The monoisotopic (exact) mass is 221 g/mol. The van der Waals surface area contributed by atoms with Gasteiger partial charge in [-0.2, -0.15) is 0 Å². The molecular formula is C13H19NO2. The summed E-state index contributed by atoms with van der Waals surface area (Å²) in [6.45, 7) is 2.69. The second kappa shape index (κ2) is 6.88. The van der Waals surface area contributed by atoms with Crippen molar-refractivity contribution in [1.29, 1.82) is 0 Å². The highest BCUT2D eigenvalue weighted by Crippen LogP contribution is 2.18. The molecule has 1 aromatic carbocycles. The average molecular weight is 221 g/mol. The fourth-order valence-electron chi connectivity index (χ4n) is 1.48. The largest absolute Gasteiger partial charge is 0.493 e. The second-order valence-electron chi connectivity index (χ2n) is 3.59. The van der Waals surface area contributed by atoms with E-state index in [2.05, 4.69) is 18.3 Å². The molecule has 0 atom stereocenters. The summed E-state index contributed by atoms with van der Waals surface area (Å²) >= 11 is 0. The van der Waals surface area contributed by atoms with Gasteiger partial charge in [-0.15, -0.1) is 0 Å². The molecule has 1 N–H and O–H groups in total. The zero-order valence-electron chi connectivity index (χ0n) is 9.95. The maximum Gasteiger partial charge on any atom is 0.219 e. The van der Waals surface area contributed by atoms with Crippen molar-refractivity contribution >= 4 is 5.91 Å². The Morgan fingerprint density at radius 1 is 1.38 bits per heavy atom. The maximum absolute atomic E-state index is 11.0. The number of aryl methyl sites for hydroxylation is 1. The lowest BCUT2D eigenvalue weighted by Crippen LogP contribution is -2.18. The van der Waals surface area contributed by atoms with Crippen LogP contribution in [-0.2, 0) is 11.2 Å². The number of benzene rings is 1. The highest BCUT2D eigenvalue weighted by Gasteiger charge is 2.01. The van der Waals surface area contributed by atoms with Crippen molar-refractivity contribution in [3.05, 3.63) is 29.8 Å². The van der Waals surface area contributed by atoms with Crippen LogP contribution in [0.2, 0.25) is 0 Å². The van der Waals surface area contributed by atoms with E-state index in [-0.39, 0.29) is 5.91 Å². The van der Waals surface area contributed by atoms with Gasteiger partial charge in [-0.1, -0.05) is 25.1 Å². The maximum atomic E-state index is 11.0. The van der Waals surface area contributed by atoms with Gasteiger partial charge in [-0.05, 0) is 24.5 Å². The van der Waals surface area contributed by atoms with Gasteiger partial charge in [0.2, 0.25) is 5.91 Å². The van der Waals surface area contributed by atoms with E-state index < -0.39 is 0 Å². The molecule has 3 nitrogen and oxygen atoms in total. The van der Waals surface area contributed by atoms with Gasteiger partial charge in [0.15, 0.2) is 0 Å². The Kier molecular flexibility index (Phi) is 5.40. The van der Waals surface area contributed by atoms with E-state index in [1.807, 2.05) is 18.2 Å². The minimum Gasteiger partial charge on any atom is -0.493 e. The van der Waals surface area contributed by atoms with Gasteiger partial charge in [0.05, 0.1) is 6.61 Å². The Balaban J connectivity index is 2.34. The van der Waals surface area contributed by atoms with Crippen molar-refractivity contribution in [3.63, 3.8) is 0 Å². The number of nitrogens with one attached hydrogen (secondary N) is 1. The molecule has 0 spiro atoms. The minimum atomic E-state index is 0.0624. The van der Waals surface area contributed by atoms with E-state index in [4.69, 9.17) is 4.74 Å². The molecule has 0 aliphatic heterocycles. The van der Waals surface area contributed by atoms with Gasteiger partial charge in [0.25, 0.3) is 0 Å². The highest BCUT2D eigenvalue weighted by molar-refractivity contribution is 5.75. The number of hydrogen-bond acceptors (Lipinski definition) is 2. The van der Waals surface area contributed by atoms with E-state index in [9.17, 15) is 4.79 Å². The van der Waals surface area contributed by atoms with Crippen molar-refractivity contribution in [2.24, 2.45) is 0 Å². The quantitative estimate of drug-likeness (QED) is 0.747. The second-order valence-corrected chi connectivity index (χ2v) is 3.59. The Morgan fingerprint density at radius 3 is 2.81 bits per heavy atom. The van der Waals surface area contributed by atoms with E-state index in [1.54, 1.807) is 7.05 Å². The summed E-state index contributed by atoms with van der Waals surface area (Å²) in [5, 5.41) is 2.59. The van der Waals surface area contributed by atoms with Crippen LogP contribution in [0.15, 0.2) is 24.3 Å². The van der Waals surface area contributed by atoms with Crippen molar-refractivity contribution < 1.29 is 9.53 Å². The smallest absolute Gasteiger partial charge is 0.219 e. The Labute approximate surface area is 96.8 Å². The molecule has 0 radical (unpaired) electrons. The summed E-state index contributed by atoms with van der Waals surface area (Å²) in [7, 11) is 1.65. The summed E-state index contributed by atoms with van der Waals surface area (Å²) in [6.07, 6.45) is 2.23. The molecule has 0 heterocycles. The topological polar surface area (TPSA) is 38.3 Å². The van der Waals surface area contributed by atoms with E-state index >= 15 is 0 Å². The third-order valence-electron chi connectivity index (χ3n) is 2.44. The summed E-state index contributed by atoms with van der Waals surface area (Å²) < 4.78 is 5.64. The number of para-hydroxylation sites is 1. The lowest BCUT2D eigenvalue weighted by molar-refractivity contribution is -0.120. The first-order chi connectivity index (χ1) is 7.77. The van der Waals surface area contributed by atoms with Crippen LogP contribution >= 0.6 is 0 Å². The first-order valence-electron chi connectivity index (χ1n) is 5.69. The van der Waals surface area contributed by atoms with Crippen LogP contribution in [0.25, 0.3) is 0 Å². The van der Waals surface area contributed by atoms with Crippen LogP contribution in [0.4, 0.5) is 0 Å². The van der Waals surface area contributed by atoms with Crippen LogP contribution < -0.4 is 10.1 Å². The van der Waals surface area contributed by atoms with E-state index in [0.29, 0.717) is 13.0 Å². The lowest BCUT2D eigenvalue weighted by Gasteiger charge is -2.09. The van der Waals surface area contributed by atoms with Crippen molar-refractivity contribution in [1.82, 2.24) is 5.32 Å². The lowest BCUT2D eigenvalue weighted by atomic mass is 10.1. The standard InChI is InChI=1S/C13H19NO2/c1-3-11-7-4-5-8-12(11)16-10-6-9-13(15)14-2/h4-5,7-8H,3,6,9-10H2,1-2H3,(H,14,15). The molecule has 0 saturated heterocycles. The summed E-state index contributed by atoms with van der Waals surface area (Å²) in [5.41, 5.74) is 1.21. The van der Waals surface area contributed by atoms with Gasteiger partial charge in [0, 0.05) is 13.5 Å². The van der Waals surface area contributed by atoms with Gasteiger partial charge < -0.3 is 10.1 Å². The normalized spacial score (nSPS) is 9.88. The molecule has 1 rings (SSSR count). The molecule has 0 aromatic heterocycles. The molecule has 3 heteroatoms. The molecule has 0 fully saturated rings. The van der Waals surface area contributed by atoms with Crippen LogP contribution in [0.5, 0.6) is 5.75 Å². The first kappa shape index (κ1) is 12.6. The van der Waals surface area contributed by atoms with Crippen LogP contribution in [0, 0.1) is 0 Å². The zero-order chi connectivity index (χ0) is 11.8. The van der Waals surface area contributed by atoms with Crippen LogP contribution in [0.1, 0.15) is 25.3 Å². The Hall–Kier alpha value is -1.51. The van der Waals surface area contributed by atoms with Crippen LogP contribution in [0.3, 0.4) is 0 Å². The van der Waals surface area contributed by atoms with E-state index in [1.165, 1.54) is 5.56 Å². The van der Waals surface area contributed by atoms with E-state index in [0.717, 1.165) is 18.6 Å². The molecular weight excluding hydrogens is 202 g/mol. The molecule has 1 aromatic rings. The Bertz CT molecular complexity index is 336. The first-order valence-corrected chi connectivity index (χ1v) is 5.69. The zero-order valence-corrected chi connectivity index (χ0v) is 9.95. The SMILES string of the molecule is CCc1ccccc1OCCCC(=O)NC. The number of carbonyl (C=O) groups is 1. The summed E-state index contributed by atoms with van der Waals surface area (Å²) in [5.74, 6) is 0.995. The third kappa shape index (κ3) is 3.93. The van der Waals surface area contributed by atoms with Gasteiger partial charge in [0.1, 0.15) is 5.75 Å². The molecule has 1 amide bonds. The fraction of sp³-hybridized carbons (Fsp3) is 0.462. The van der Waals surface area contributed by atoms with Gasteiger partial charge in [-0.25, -0.2) is 0 Å². The number of hydrogen-bond donors (Lipinski definition) is 1.